The Morgan fingerprint density at radius 2 is 1.65 bits per heavy atom. The lowest BCUT2D eigenvalue weighted by molar-refractivity contribution is -0.162. The lowest BCUT2D eigenvalue weighted by atomic mass is 9.46. The highest BCUT2D eigenvalue weighted by molar-refractivity contribution is 5.72. The molecule has 0 amide bonds. The summed E-state index contributed by atoms with van der Waals surface area (Å²) >= 11 is 0. The summed E-state index contributed by atoms with van der Waals surface area (Å²) in [6, 6.07) is 0. The molecule has 3 rings (SSSR count). The number of carboxylic acids is 2. The second-order valence-electron chi connectivity index (χ2n) is 12.3. The van der Waals surface area contributed by atoms with Gasteiger partial charge in [0.15, 0.2) is 0 Å². The predicted molar refractivity (Wildman–Crippen MR) is 124 cm³/mol. The number of hydrogen-bond acceptors (Lipinski definition) is 2. The Kier molecular flexibility index (Phi) is 7.48. The molecule has 0 radical (unpaired) electrons. The number of aliphatic carboxylic acids is 2. The molecule has 3 saturated carbocycles. The third kappa shape index (κ3) is 4.69. The standard InChI is InChI=1S/C27H46O4/c1-17(2)7-6-8-18(3)20-11-12-21-19-9-10-23(25(30)31)27(5,16-14-24(28)29)22(19)13-15-26(20,21)4/h17-23H,6-16H2,1-5H3,(H,28,29)(H,30,31)/t18?,19?,20?,21?,22?,23-,26+,27+/m0/s1. The average Bonchev–Trinajstić information content (AvgIpc) is 3.03. The minimum absolute atomic E-state index is 0.0843. The van der Waals surface area contributed by atoms with E-state index in [1.165, 1.54) is 38.5 Å². The van der Waals surface area contributed by atoms with Crippen molar-refractivity contribution in [2.24, 2.45) is 52.3 Å². The van der Waals surface area contributed by atoms with Gasteiger partial charge in [0.05, 0.1) is 5.92 Å². The van der Waals surface area contributed by atoms with Crippen molar-refractivity contribution >= 4 is 11.9 Å². The summed E-state index contributed by atoms with van der Waals surface area (Å²) in [4.78, 5) is 23.5. The van der Waals surface area contributed by atoms with Crippen molar-refractivity contribution in [3.63, 3.8) is 0 Å². The van der Waals surface area contributed by atoms with Crippen LogP contribution < -0.4 is 0 Å². The maximum absolute atomic E-state index is 12.1. The van der Waals surface area contributed by atoms with Gasteiger partial charge in [-0.3, -0.25) is 9.59 Å². The first-order valence-corrected chi connectivity index (χ1v) is 12.9. The molecule has 8 atom stereocenters. The summed E-state index contributed by atoms with van der Waals surface area (Å²) in [5.74, 6) is 2.02. The molecule has 0 aromatic rings. The van der Waals surface area contributed by atoms with Crippen molar-refractivity contribution in [1.29, 1.82) is 0 Å². The van der Waals surface area contributed by atoms with E-state index in [4.69, 9.17) is 0 Å². The van der Waals surface area contributed by atoms with E-state index in [2.05, 4.69) is 34.6 Å². The smallest absolute Gasteiger partial charge is 0.307 e. The van der Waals surface area contributed by atoms with Crippen molar-refractivity contribution in [3.05, 3.63) is 0 Å². The summed E-state index contributed by atoms with van der Waals surface area (Å²) in [7, 11) is 0. The van der Waals surface area contributed by atoms with Crippen LogP contribution in [0.4, 0.5) is 0 Å². The maximum Gasteiger partial charge on any atom is 0.307 e. The molecule has 0 saturated heterocycles. The molecule has 178 valence electrons. The molecular weight excluding hydrogens is 388 g/mol. The average molecular weight is 435 g/mol. The molecule has 4 nitrogen and oxygen atoms in total. The van der Waals surface area contributed by atoms with Gasteiger partial charge in [0.2, 0.25) is 0 Å². The van der Waals surface area contributed by atoms with Crippen molar-refractivity contribution in [3.8, 4) is 0 Å². The van der Waals surface area contributed by atoms with E-state index in [0.29, 0.717) is 36.0 Å². The summed E-state index contributed by atoms with van der Waals surface area (Å²) < 4.78 is 0. The molecule has 3 aliphatic carbocycles. The minimum Gasteiger partial charge on any atom is -0.481 e. The van der Waals surface area contributed by atoms with E-state index in [9.17, 15) is 19.8 Å². The number of rotatable bonds is 9. The van der Waals surface area contributed by atoms with Crippen LogP contribution in [0.5, 0.6) is 0 Å². The van der Waals surface area contributed by atoms with Gasteiger partial charge < -0.3 is 10.2 Å². The Labute approximate surface area is 189 Å². The van der Waals surface area contributed by atoms with Gasteiger partial charge in [0.1, 0.15) is 0 Å². The van der Waals surface area contributed by atoms with Crippen LogP contribution >= 0.6 is 0 Å². The Morgan fingerprint density at radius 3 is 2.26 bits per heavy atom. The van der Waals surface area contributed by atoms with E-state index < -0.39 is 23.3 Å². The van der Waals surface area contributed by atoms with Crippen LogP contribution in [0.2, 0.25) is 0 Å². The Morgan fingerprint density at radius 1 is 0.935 bits per heavy atom. The van der Waals surface area contributed by atoms with E-state index >= 15 is 0 Å². The zero-order valence-corrected chi connectivity index (χ0v) is 20.5. The van der Waals surface area contributed by atoms with Crippen LogP contribution in [0.25, 0.3) is 0 Å². The molecule has 0 bridgehead atoms. The molecule has 0 aromatic heterocycles. The monoisotopic (exact) mass is 434 g/mol. The van der Waals surface area contributed by atoms with Gasteiger partial charge in [0.25, 0.3) is 0 Å². The van der Waals surface area contributed by atoms with Gasteiger partial charge in [-0.2, -0.15) is 0 Å². The highest BCUT2D eigenvalue weighted by atomic mass is 16.4. The van der Waals surface area contributed by atoms with Crippen molar-refractivity contribution < 1.29 is 19.8 Å². The van der Waals surface area contributed by atoms with E-state index in [0.717, 1.165) is 30.6 Å². The third-order valence-corrected chi connectivity index (χ3v) is 10.2. The van der Waals surface area contributed by atoms with Gasteiger partial charge in [-0.25, -0.2) is 0 Å². The molecule has 3 aliphatic rings. The van der Waals surface area contributed by atoms with Crippen LogP contribution in [0.15, 0.2) is 0 Å². The highest BCUT2D eigenvalue weighted by Crippen LogP contribution is 2.67. The fourth-order valence-electron chi connectivity index (χ4n) is 8.62. The molecule has 0 spiro atoms. The molecule has 4 heteroatoms. The van der Waals surface area contributed by atoms with Gasteiger partial charge in [-0.05, 0) is 91.3 Å². The van der Waals surface area contributed by atoms with E-state index in [-0.39, 0.29) is 6.42 Å². The van der Waals surface area contributed by atoms with Crippen molar-refractivity contribution in [1.82, 2.24) is 0 Å². The van der Waals surface area contributed by atoms with Crippen LogP contribution in [-0.2, 0) is 9.59 Å². The highest BCUT2D eigenvalue weighted by Gasteiger charge is 2.60. The summed E-state index contributed by atoms with van der Waals surface area (Å²) in [5.41, 5.74) is -0.0163. The normalized spacial score (nSPS) is 40.9. The van der Waals surface area contributed by atoms with Gasteiger partial charge in [-0.15, -0.1) is 0 Å². The SMILES string of the molecule is CC(C)CCCC(C)C1CCC2C3CC[C@@H](C(=O)O)[C@](C)(CCC(=O)O)C3CC[C@]12C. The molecular formula is C27H46O4. The molecule has 31 heavy (non-hydrogen) atoms. The summed E-state index contributed by atoms with van der Waals surface area (Å²) in [6.07, 6.45) is 11.2. The van der Waals surface area contributed by atoms with Gasteiger partial charge in [-0.1, -0.05) is 53.9 Å². The summed E-state index contributed by atoms with van der Waals surface area (Å²) in [5, 5.41) is 19.3. The predicted octanol–water partition coefficient (Wildman–Crippen LogP) is 6.87. The molecule has 5 unspecified atom stereocenters. The Bertz CT molecular complexity index is 658. The zero-order valence-electron chi connectivity index (χ0n) is 20.5. The van der Waals surface area contributed by atoms with Crippen molar-refractivity contribution in [2.75, 3.05) is 0 Å². The molecule has 3 fully saturated rings. The molecule has 0 aliphatic heterocycles. The van der Waals surface area contributed by atoms with Crippen LogP contribution in [0, 0.1) is 52.3 Å². The topological polar surface area (TPSA) is 74.6 Å². The van der Waals surface area contributed by atoms with Crippen molar-refractivity contribution in [2.45, 2.75) is 105 Å². The molecule has 0 aromatic carbocycles. The first-order valence-electron chi connectivity index (χ1n) is 12.9. The molecule has 2 N–H and O–H groups in total. The third-order valence-electron chi connectivity index (χ3n) is 10.2. The van der Waals surface area contributed by atoms with Gasteiger partial charge in [0, 0.05) is 6.42 Å². The largest absolute Gasteiger partial charge is 0.481 e. The fourth-order valence-corrected chi connectivity index (χ4v) is 8.62. The first-order chi connectivity index (χ1) is 14.5. The number of carbonyl (C=O) groups is 2. The Balaban J connectivity index is 1.77. The fraction of sp³-hybridized carbons (Fsp3) is 0.926. The first kappa shape index (κ1) is 24.6. The molecule has 0 heterocycles. The maximum atomic E-state index is 12.1. The van der Waals surface area contributed by atoms with Crippen LogP contribution in [-0.4, -0.2) is 22.2 Å². The minimum atomic E-state index is -0.802. The zero-order chi connectivity index (χ0) is 23.0. The van der Waals surface area contributed by atoms with E-state index in [1.807, 2.05) is 0 Å². The Hall–Kier alpha value is -1.06. The lowest BCUT2D eigenvalue weighted by Crippen LogP contribution is -2.53. The van der Waals surface area contributed by atoms with E-state index in [1.54, 1.807) is 0 Å². The van der Waals surface area contributed by atoms with Crippen LogP contribution in [0.1, 0.15) is 105 Å². The second kappa shape index (κ2) is 9.43. The number of carboxylic acid groups (broad SMARTS) is 2. The lowest BCUT2D eigenvalue weighted by Gasteiger charge is -2.58. The van der Waals surface area contributed by atoms with Gasteiger partial charge >= 0.3 is 11.9 Å². The summed E-state index contributed by atoms with van der Waals surface area (Å²) in [6.45, 7) is 11.8. The number of fused-ring (bicyclic) bond motifs is 3. The quantitative estimate of drug-likeness (QED) is 0.415. The van der Waals surface area contributed by atoms with Crippen LogP contribution in [0.3, 0.4) is 0 Å². The second-order valence-corrected chi connectivity index (χ2v) is 12.3. The number of hydrogen-bond donors (Lipinski definition) is 2.